The zero-order valence-corrected chi connectivity index (χ0v) is 8.29. The maximum Gasteiger partial charge on any atom is 0.134 e. The molecule has 0 unspecified atom stereocenters. The van der Waals surface area contributed by atoms with Gasteiger partial charge in [-0.05, 0) is 12.1 Å². The number of rotatable bonds is 1. The number of hydrogen-bond acceptors (Lipinski definition) is 1. The average molecular weight is 174 g/mol. The average Bonchev–Trinajstić information content (AvgIpc) is 2.15. The van der Waals surface area contributed by atoms with Crippen molar-refractivity contribution in [2.45, 2.75) is 13.8 Å². The standard InChI is InChI=1S/C12H14O/c1-10(2)8-9-11-6-4-5-7-12(11)13-3/h4-7,10H,1-3H3. The van der Waals surface area contributed by atoms with Gasteiger partial charge in [0.25, 0.3) is 0 Å². The van der Waals surface area contributed by atoms with E-state index in [1.807, 2.05) is 24.3 Å². The van der Waals surface area contributed by atoms with Crippen molar-refractivity contribution in [3.63, 3.8) is 0 Å². The highest BCUT2D eigenvalue weighted by Gasteiger charge is 1.96. The van der Waals surface area contributed by atoms with E-state index >= 15 is 0 Å². The molecule has 0 aliphatic heterocycles. The molecule has 0 fully saturated rings. The smallest absolute Gasteiger partial charge is 0.134 e. The summed E-state index contributed by atoms with van der Waals surface area (Å²) >= 11 is 0. The van der Waals surface area contributed by atoms with Crippen LogP contribution in [0.1, 0.15) is 19.4 Å². The fourth-order valence-electron chi connectivity index (χ4n) is 0.970. The molecular weight excluding hydrogens is 160 g/mol. The fraction of sp³-hybridized carbons (Fsp3) is 0.333. The van der Waals surface area contributed by atoms with Crippen LogP contribution in [0.4, 0.5) is 0 Å². The molecule has 1 aromatic carbocycles. The fourth-order valence-corrected chi connectivity index (χ4v) is 0.970. The number of methoxy groups -OCH3 is 1. The third kappa shape index (κ3) is 2.83. The molecule has 1 nitrogen and oxygen atoms in total. The highest BCUT2D eigenvalue weighted by molar-refractivity contribution is 5.45. The Bertz CT molecular complexity index is 328. The van der Waals surface area contributed by atoms with Gasteiger partial charge in [-0.3, -0.25) is 0 Å². The predicted molar refractivity (Wildman–Crippen MR) is 54.7 cm³/mol. The van der Waals surface area contributed by atoms with Gasteiger partial charge in [0.15, 0.2) is 0 Å². The summed E-state index contributed by atoms with van der Waals surface area (Å²) < 4.78 is 5.18. The summed E-state index contributed by atoms with van der Waals surface area (Å²) in [6.07, 6.45) is 0. The molecule has 1 heteroatoms. The van der Waals surface area contributed by atoms with Crippen LogP contribution >= 0.6 is 0 Å². The lowest BCUT2D eigenvalue weighted by molar-refractivity contribution is 0.413. The first kappa shape index (κ1) is 9.67. The van der Waals surface area contributed by atoms with Crippen molar-refractivity contribution < 1.29 is 4.74 Å². The highest BCUT2D eigenvalue weighted by Crippen LogP contribution is 2.15. The van der Waals surface area contributed by atoms with Gasteiger partial charge in [-0.25, -0.2) is 0 Å². The van der Waals surface area contributed by atoms with E-state index in [1.54, 1.807) is 7.11 Å². The van der Waals surface area contributed by atoms with E-state index in [0.717, 1.165) is 11.3 Å². The molecule has 0 saturated carbocycles. The van der Waals surface area contributed by atoms with Gasteiger partial charge in [0.1, 0.15) is 5.75 Å². The Balaban J connectivity index is 2.95. The molecule has 0 spiro atoms. The van der Waals surface area contributed by atoms with Crippen LogP contribution in [0.5, 0.6) is 5.75 Å². The molecule has 0 aromatic heterocycles. The monoisotopic (exact) mass is 174 g/mol. The predicted octanol–water partition coefficient (Wildman–Crippen LogP) is 2.70. The lowest BCUT2D eigenvalue weighted by Gasteiger charge is -2.01. The topological polar surface area (TPSA) is 9.23 Å². The molecule has 0 saturated heterocycles. The Hall–Kier alpha value is -1.42. The summed E-state index contributed by atoms with van der Waals surface area (Å²) in [4.78, 5) is 0. The molecule has 13 heavy (non-hydrogen) atoms. The van der Waals surface area contributed by atoms with Crippen molar-refractivity contribution in [3.8, 4) is 17.6 Å². The minimum Gasteiger partial charge on any atom is -0.495 e. The van der Waals surface area contributed by atoms with Gasteiger partial charge in [-0.2, -0.15) is 0 Å². The molecule has 1 rings (SSSR count). The SMILES string of the molecule is COc1ccccc1C#CC(C)C. The van der Waals surface area contributed by atoms with Crippen LogP contribution in [0.2, 0.25) is 0 Å². The van der Waals surface area contributed by atoms with Gasteiger partial charge in [-0.1, -0.05) is 37.8 Å². The van der Waals surface area contributed by atoms with Crippen LogP contribution < -0.4 is 4.74 Å². The second-order valence-corrected chi connectivity index (χ2v) is 3.12. The molecule has 0 aliphatic carbocycles. The Morgan fingerprint density at radius 1 is 1.23 bits per heavy atom. The number of hydrogen-bond donors (Lipinski definition) is 0. The van der Waals surface area contributed by atoms with Crippen LogP contribution in [0, 0.1) is 17.8 Å². The van der Waals surface area contributed by atoms with Gasteiger partial charge < -0.3 is 4.74 Å². The quantitative estimate of drug-likeness (QED) is 0.595. The maximum absolute atomic E-state index is 5.18. The summed E-state index contributed by atoms with van der Waals surface area (Å²) in [7, 11) is 1.66. The van der Waals surface area contributed by atoms with Crippen molar-refractivity contribution in [2.24, 2.45) is 5.92 Å². The van der Waals surface area contributed by atoms with Crippen LogP contribution in [-0.4, -0.2) is 7.11 Å². The van der Waals surface area contributed by atoms with E-state index < -0.39 is 0 Å². The molecule has 0 radical (unpaired) electrons. The summed E-state index contributed by atoms with van der Waals surface area (Å²) in [6, 6.07) is 7.80. The zero-order valence-electron chi connectivity index (χ0n) is 8.29. The molecule has 0 bridgehead atoms. The van der Waals surface area contributed by atoms with Crippen LogP contribution in [0.15, 0.2) is 24.3 Å². The minimum absolute atomic E-state index is 0.393. The van der Waals surface area contributed by atoms with Gasteiger partial charge in [0, 0.05) is 5.92 Å². The third-order valence-corrected chi connectivity index (χ3v) is 1.60. The van der Waals surface area contributed by atoms with Crippen molar-refractivity contribution in [1.29, 1.82) is 0 Å². The first-order valence-corrected chi connectivity index (χ1v) is 4.38. The van der Waals surface area contributed by atoms with E-state index in [0.29, 0.717) is 5.92 Å². The van der Waals surface area contributed by atoms with Crippen molar-refractivity contribution in [3.05, 3.63) is 29.8 Å². The van der Waals surface area contributed by atoms with Crippen molar-refractivity contribution >= 4 is 0 Å². The largest absolute Gasteiger partial charge is 0.495 e. The molecule has 0 heterocycles. The van der Waals surface area contributed by atoms with Crippen molar-refractivity contribution in [1.82, 2.24) is 0 Å². The molecule has 0 atom stereocenters. The second-order valence-electron chi connectivity index (χ2n) is 3.12. The summed E-state index contributed by atoms with van der Waals surface area (Å²) in [5, 5.41) is 0. The van der Waals surface area contributed by atoms with Crippen LogP contribution in [0.25, 0.3) is 0 Å². The number of ether oxygens (including phenoxy) is 1. The normalized spacial score (nSPS) is 9.23. The minimum atomic E-state index is 0.393. The highest BCUT2D eigenvalue weighted by atomic mass is 16.5. The molecule has 0 amide bonds. The summed E-state index contributed by atoms with van der Waals surface area (Å²) in [5.41, 5.74) is 0.957. The van der Waals surface area contributed by atoms with Crippen LogP contribution in [0.3, 0.4) is 0 Å². The van der Waals surface area contributed by atoms with E-state index in [2.05, 4.69) is 25.7 Å². The molecule has 68 valence electrons. The molecule has 0 aliphatic rings. The summed E-state index contributed by atoms with van der Waals surface area (Å²) in [6.45, 7) is 4.14. The third-order valence-electron chi connectivity index (χ3n) is 1.60. The van der Waals surface area contributed by atoms with E-state index in [-0.39, 0.29) is 0 Å². The Labute approximate surface area is 79.7 Å². The molecule has 0 N–H and O–H groups in total. The van der Waals surface area contributed by atoms with E-state index in [1.165, 1.54) is 0 Å². The molecular formula is C12H14O. The van der Waals surface area contributed by atoms with Crippen molar-refractivity contribution in [2.75, 3.05) is 7.11 Å². The van der Waals surface area contributed by atoms with E-state index in [9.17, 15) is 0 Å². The first-order valence-electron chi connectivity index (χ1n) is 4.38. The Morgan fingerprint density at radius 3 is 2.54 bits per heavy atom. The Morgan fingerprint density at radius 2 is 1.92 bits per heavy atom. The molecule has 1 aromatic rings. The second kappa shape index (κ2) is 4.57. The van der Waals surface area contributed by atoms with Gasteiger partial charge >= 0.3 is 0 Å². The van der Waals surface area contributed by atoms with Gasteiger partial charge in [0.05, 0.1) is 12.7 Å². The first-order chi connectivity index (χ1) is 6.24. The van der Waals surface area contributed by atoms with Crippen LogP contribution in [-0.2, 0) is 0 Å². The lowest BCUT2D eigenvalue weighted by atomic mass is 10.1. The Kier molecular flexibility index (Phi) is 3.40. The van der Waals surface area contributed by atoms with E-state index in [4.69, 9.17) is 4.74 Å². The summed E-state index contributed by atoms with van der Waals surface area (Å²) in [5.74, 6) is 7.43. The number of para-hydroxylation sites is 1. The maximum atomic E-state index is 5.18. The number of benzene rings is 1. The van der Waals surface area contributed by atoms with Gasteiger partial charge in [-0.15, -0.1) is 0 Å². The van der Waals surface area contributed by atoms with Gasteiger partial charge in [0.2, 0.25) is 0 Å². The lowest BCUT2D eigenvalue weighted by Crippen LogP contribution is -1.87. The zero-order chi connectivity index (χ0) is 9.68.